The summed E-state index contributed by atoms with van der Waals surface area (Å²) in [5, 5.41) is 2.70. The Morgan fingerprint density at radius 1 is 1.10 bits per heavy atom. The molecule has 40 heavy (non-hydrogen) atoms. The van der Waals surface area contributed by atoms with E-state index >= 15 is 0 Å². The number of nitrogens with one attached hydrogen (secondary N) is 1. The van der Waals surface area contributed by atoms with Gasteiger partial charge >= 0.3 is 0 Å². The zero-order chi connectivity index (χ0) is 29.1. The van der Waals surface area contributed by atoms with E-state index in [0.29, 0.717) is 25.3 Å². The molecule has 1 aromatic heterocycles. The molecular formula is C32H39N5O3. The Bertz CT molecular complexity index is 1340. The van der Waals surface area contributed by atoms with Crippen molar-refractivity contribution in [3.8, 4) is 5.75 Å². The predicted molar refractivity (Wildman–Crippen MR) is 162 cm³/mol. The molecule has 0 saturated carbocycles. The van der Waals surface area contributed by atoms with Gasteiger partial charge in [0.15, 0.2) is 0 Å². The van der Waals surface area contributed by atoms with Gasteiger partial charge < -0.3 is 19.9 Å². The molecule has 0 aliphatic heterocycles. The van der Waals surface area contributed by atoms with Crippen molar-refractivity contribution in [1.29, 1.82) is 0 Å². The minimum absolute atomic E-state index is 0.148. The fourth-order valence-corrected chi connectivity index (χ4v) is 4.30. The van der Waals surface area contributed by atoms with Crippen LogP contribution in [0.5, 0.6) is 5.75 Å². The van der Waals surface area contributed by atoms with E-state index in [9.17, 15) is 9.59 Å². The molecule has 8 heteroatoms. The molecular weight excluding hydrogens is 502 g/mol. The summed E-state index contributed by atoms with van der Waals surface area (Å²) in [7, 11) is 5.36. The number of carbonyl (C=O) groups excluding carboxylic acids is 2. The van der Waals surface area contributed by atoms with Gasteiger partial charge in [-0.1, -0.05) is 43.8 Å². The number of aromatic nitrogens is 1. The number of benzene rings is 2. The molecule has 1 N–H and O–H groups in total. The van der Waals surface area contributed by atoms with E-state index in [-0.39, 0.29) is 5.91 Å². The highest BCUT2D eigenvalue weighted by Gasteiger charge is 2.14. The Balaban J connectivity index is 1.68. The molecule has 0 bridgehead atoms. The molecule has 210 valence electrons. The monoisotopic (exact) mass is 541 g/mol. The Morgan fingerprint density at radius 2 is 1.82 bits per heavy atom. The van der Waals surface area contributed by atoms with E-state index in [2.05, 4.69) is 28.7 Å². The van der Waals surface area contributed by atoms with Crippen molar-refractivity contribution in [3.05, 3.63) is 101 Å². The zero-order valence-corrected chi connectivity index (χ0v) is 24.1. The van der Waals surface area contributed by atoms with Crippen LogP contribution in [-0.4, -0.2) is 61.4 Å². The number of methoxy groups -OCH3 is 1. The van der Waals surface area contributed by atoms with Crippen LogP contribution in [0.4, 0.5) is 11.5 Å². The largest absolute Gasteiger partial charge is 0.497 e. The summed E-state index contributed by atoms with van der Waals surface area (Å²) in [5.41, 5.74) is 5.78. The molecule has 0 saturated heterocycles. The first-order valence-corrected chi connectivity index (χ1v) is 13.2. The number of para-hydroxylation sites is 1. The lowest BCUT2D eigenvalue weighted by atomic mass is 10.1. The van der Waals surface area contributed by atoms with Crippen LogP contribution in [0.3, 0.4) is 0 Å². The molecule has 0 atom stereocenters. The molecule has 1 heterocycles. The number of ether oxygens (including phenoxy) is 1. The van der Waals surface area contributed by atoms with Gasteiger partial charge in [0.25, 0.3) is 0 Å². The van der Waals surface area contributed by atoms with Crippen LogP contribution in [0.1, 0.15) is 29.2 Å². The van der Waals surface area contributed by atoms with Crippen molar-refractivity contribution in [2.45, 2.75) is 26.9 Å². The zero-order valence-electron chi connectivity index (χ0n) is 24.1. The molecule has 2 amide bonds. The Kier molecular flexibility index (Phi) is 11.0. The number of amides is 2. The van der Waals surface area contributed by atoms with Crippen molar-refractivity contribution in [3.63, 3.8) is 0 Å². The number of rotatable bonds is 14. The van der Waals surface area contributed by atoms with E-state index in [1.165, 1.54) is 6.08 Å². The number of carbonyl (C=O) groups is 2. The third kappa shape index (κ3) is 8.28. The van der Waals surface area contributed by atoms with Crippen LogP contribution < -0.4 is 15.0 Å². The van der Waals surface area contributed by atoms with Gasteiger partial charge in [0.2, 0.25) is 12.3 Å². The summed E-state index contributed by atoms with van der Waals surface area (Å²) in [4.78, 5) is 34.4. The van der Waals surface area contributed by atoms with Crippen LogP contribution in [0.2, 0.25) is 0 Å². The summed E-state index contributed by atoms with van der Waals surface area (Å²) in [6.07, 6.45) is 5.54. The molecule has 3 aromatic rings. The van der Waals surface area contributed by atoms with Crippen LogP contribution in [0.15, 0.2) is 79.1 Å². The summed E-state index contributed by atoms with van der Waals surface area (Å²) in [6.45, 7) is 10.8. The predicted octanol–water partition coefficient (Wildman–Crippen LogP) is 5.11. The first-order valence-electron chi connectivity index (χ1n) is 13.2. The van der Waals surface area contributed by atoms with Gasteiger partial charge in [0, 0.05) is 56.4 Å². The minimum Gasteiger partial charge on any atom is -0.497 e. The SMILES string of the molecule is C=C(CN(C)C(=O)/C=C/c1cnc(NC=O)c(CN(CC)Cc2ccc(OC)cc2)c1)N(C)c1ccccc1C. The van der Waals surface area contributed by atoms with Gasteiger partial charge in [-0.3, -0.25) is 14.5 Å². The number of pyridine rings is 1. The van der Waals surface area contributed by atoms with Crippen molar-refractivity contribution < 1.29 is 14.3 Å². The third-order valence-corrected chi connectivity index (χ3v) is 6.76. The van der Waals surface area contributed by atoms with Gasteiger partial charge in [-0.15, -0.1) is 0 Å². The van der Waals surface area contributed by atoms with Crippen molar-refractivity contribution >= 4 is 29.9 Å². The molecule has 0 unspecified atom stereocenters. The molecule has 2 aromatic carbocycles. The first kappa shape index (κ1) is 30.1. The van der Waals surface area contributed by atoms with Crippen molar-refractivity contribution in [1.82, 2.24) is 14.8 Å². The fourth-order valence-electron chi connectivity index (χ4n) is 4.30. The minimum atomic E-state index is -0.148. The Hall–Kier alpha value is -4.43. The van der Waals surface area contributed by atoms with Gasteiger partial charge in [-0.25, -0.2) is 4.98 Å². The number of nitrogens with zero attached hydrogens (tertiary/aromatic N) is 4. The highest BCUT2D eigenvalue weighted by atomic mass is 16.5. The van der Waals surface area contributed by atoms with Gasteiger partial charge in [-0.05, 0) is 60.5 Å². The van der Waals surface area contributed by atoms with E-state index in [4.69, 9.17) is 4.74 Å². The lowest BCUT2D eigenvalue weighted by Crippen LogP contribution is -2.32. The average molecular weight is 542 g/mol. The lowest BCUT2D eigenvalue weighted by molar-refractivity contribution is -0.124. The number of hydrogen-bond acceptors (Lipinski definition) is 6. The third-order valence-electron chi connectivity index (χ3n) is 6.76. The van der Waals surface area contributed by atoms with Crippen LogP contribution in [0, 0.1) is 6.92 Å². The number of hydrogen-bond donors (Lipinski definition) is 1. The second kappa shape index (κ2) is 14.6. The van der Waals surface area contributed by atoms with E-state index in [1.54, 1.807) is 31.3 Å². The Morgan fingerprint density at radius 3 is 2.48 bits per heavy atom. The lowest BCUT2D eigenvalue weighted by Gasteiger charge is -2.26. The smallest absolute Gasteiger partial charge is 0.246 e. The molecule has 0 spiro atoms. The highest BCUT2D eigenvalue weighted by molar-refractivity contribution is 5.91. The van der Waals surface area contributed by atoms with Crippen LogP contribution in [0.25, 0.3) is 6.08 Å². The normalized spacial score (nSPS) is 10.9. The number of anilines is 2. The van der Waals surface area contributed by atoms with Crippen molar-refractivity contribution in [2.75, 3.05) is 44.5 Å². The summed E-state index contributed by atoms with van der Waals surface area (Å²) in [6, 6.07) is 18.0. The maximum atomic E-state index is 12.9. The highest BCUT2D eigenvalue weighted by Crippen LogP contribution is 2.22. The van der Waals surface area contributed by atoms with Gasteiger partial charge in [0.1, 0.15) is 11.6 Å². The molecule has 0 aliphatic carbocycles. The average Bonchev–Trinajstić information content (AvgIpc) is 2.96. The molecule has 3 rings (SSSR count). The van der Waals surface area contributed by atoms with Gasteiger partial charge in [-0.2, -0.15) is 0 Å². The maximum Gasteiger partial charge on any atom is 0.246 e. The topological polar surface area (TPSA) is 78.0 Å². The molecule has 0 fully saturated rings. The van der Waals surface area contributed by atoms with E-state index in [0.717, 1.165) is 52.5 Å². The first-order chi connectivity index (χ1) is 19.2. The van der Waals surface area contributed by atoms with Crippen molar-refractivity contribution in [2.24, 2.45) is 0 Å². The van der Waals surface area contributed by atoms with E-state index < -0.39 is 0 Å². The number of aryl methyl sites for hydroxylation is 1. The maximum absolute atomic E-state index is 12.9. The second-order valence-electron chi connectivity index (χ2n) is 9.63. The Labute approximate surface area is 237 Å². The summed E-state index contributed by atoms with van der Waals surface area (Å²) in [5.74, 6) is 1.17. The number of likely N-dealkylation sites (N-methyl/N-ethyl adjacent to an activating group) is 2. The van der Waals surface area contributed by atoms with E-state index in [1.807, 2.05) is 73.5 Å². The molecule has 0 radical (unpaired) electrons. The standard InChI is InChI=1S/C32H39N5O3/c1-7-37(21-26-12-15-29(40-6)16-13-26)22-28-18-27(19-33-32(28)34-23-38)14-17-31(39)35(4)20-25(3)36(5)30-11-9-8-10-24(30)2/h8-19,23H,3,7,20-22H2,1-2,4-6H3,(H,33,34,38)/b17-14+. The molecule has 0 aliphatic rings. The van der Waals surface area contributed by atoms with Gasteiger partial charge in [0.05, 0.1) is 13.7 Å². The quantitative estimate of drug-likeness (QED) is 0.226. The summed E-state index contributed by atoms with van der Waals surface area (Å²) >= 11 is 0. The summed E-state index contributed by atoms with van der Waals surface area (Å²) < 4.78 is 5.26. The second-order valence-corrected chi connectivity index (χ2v) is 9.63. The molecule has 8 nitrogen and oxygen atoms in total. The van der Waals surface area contributed by atoms with Crippen LogP contribution >= 0.6 is 0 Å². The van der Waals surface area contributed by atoms with Crippen LogP contribution in [-0.2, 0) is 22.7 Å². The fraction of sp³-hybridized carbons (Fsp3) is 0.281.